The smallest absolute Gasteiger partial charge is 0.260 e. The van der Waals surface area contributed by atoms with Gasteiger partial charge in [0.2, 0.25) is 0 Å². The van der Waals surface area contributed by atoms with Gasteiger partial charge >= 0.3 is 0 Å². The molecule has 0 unspecified atom stereocenters. The van der Waals surface area contributed by atoms with Gasteiger partial charge in [0.1, 0.15) is 5.56 Å². The van der Waals surface area contributed by atoms with Crippen LogP contribution >= 0.6 is 0 Å². The van der Waals surface area contributed by atoms with Gasteiger partial charge in [0.05, 0.1) is 0 Å². The second kappa shape index (κ2) is 6.82. The standard InChI is InChI=1S/C19H22N2O2/c1-14-7-8-17(18(22)20-14)19(23)21-11-9-16(10-12-21)13-15-5-3-2-4-6-15/h2-8,16H,9-13H2,1H3,(H,20,22). The van der Waals surface area contributed by atoms with Crippen molar-refractivity contribution < 1.29 is 4.79 Å². The quantitative estimate of drug-likeness (QED) is 0.948. The van der Waals surface area contributed by atoms with Crippen LogP contribution in [0.1, 0.15) is 34.5 Å². The molecule has 23 heavy (non-hydrogen) atoms. The Morgan fingerprint density at radius 1 is 1.13 bits per heavy atom. The third-order valence-corrected chi connectivity index (χ3v) is 4.55. The van der Waals surface area contributed by atoms with E-state index in [1.54, 1.807) is 17.0 Å². The number of hydrogen-bond acceptors (Lipinski definition) is 2. The predicted molar refractivity (Wildman–Crippen MR) is 90.6 cm³/mol. The minimum absolute atomic E-state index is 0.149. The lowest BCUT2D eigenvalue weighted by Crippen LogP contribution is -2.41. The van der Waals surface area contributed by atoms with Gasteiger partial charge in [0.25, 0.3) is 11.5 Å². The van der Waals surface area contributed by atoms with Gasteiger partial charge in [-0.1, -0.05) is 30.3 Å². The molecule has 1 aromatic heterocycles. The third kappa shape index (κ3) is 3.70. The molecule has 1 aliphatic heterocycles. The lowest BCUT2D eigenvalue weighted by atomic mass is 9.90. The molecule has 4 nitrogen and oxygen atoms in total. The molecule has 1 amide bonds. The number of aromatic nitrogens is 1. The van der Waals surface area contributed by atoms with E-state index in [4.69, 9.17) is 0 Å². The lowest BCUT2D eigenvalue weighted by molar-refractivity contribution is 0.0688. The number of aromatic amines is 1. The molecule has 2 heterocycles. The molecule has 1 aromatic carbocycles. The number of rotatable bonds is 3. The van der Waals surface area contributed by atoms with Gasteiger partial charge in [-0.05, 0) is 49.8 Å². The van der Waals surface area contributed by atoms with Crippen LogP contribution in [0.15, 0.2) is 47.3 Å². The third-order valence-electron chi connectivity index (χ3n) is 4.55. The Morgan fingerprint density at radius 3 is 2.48 bits per heavy atom. The number of amides is 1. The summed E-state index contributed by atoms with van der Waals surface area (Å²) in [5, 5.41) is 0. The minimum Gasteiger partial charge on any atom is -0.338 e. The average molecular weight is 310 g/mol. The number of aryl methyl sites for hydroxylation is 1. The van der Waals surface area contributed by atoms with Gasteiger partial charge in [-0.25, -0.2) is 0 Å². The zero-order valence-corrected chi connectivity index (χ0v) is 13.4. The van der Waals surface area contributed by atoms with E-state index >= 15 is 0 Å². The first-order valence-corrected chi connectivity index (χ1v) is 8.16. The van der Waals surface area contributed by atoms with Crippen molar-refractivity contribution in [3.8, 4) is 0 Å². The van der Waals surface area contributed by atoms with Crippen LogP contribution < -0.4 is 5.56 Å². The van der Waals surface area contributed by atoms with E-state index in [2.05, 4.69) is 29.2 Å². The Kier molecular flexibility index (Phi) is 4.60. The summed E-state index contributed by atoms with van der Waals surface area (Å²) in [5.41, 5.74) is 2.08. The van der Waals surface area contributed by atoms with Gasteiger partial charge in [0, 0.05) is 18.8 Å². The summed E-state index contributed by atoms with van der Waals surface area (Å²) in [5.74, 6) is 0.460. The van der Waals surface area contributed by atoms with Gasteiger partial charge in [-0.2, -0.15) is 0 Å². The SMILES string of the molecule is Cc1ccc(C(=O)N2CCC(Cc3ccccc3)CC2)c(=O)[nH]1. The van der Waals surface area contributed by atoms with Crippen molar-refractivity contribution >= 4 is 5.91 Å². The molecule has 120 valence electrons. The number of nitrogens with zero attached hydrogens (tertiary/aromatic N) is 1. The molecular formula is C19H22N2O2. The largest absolute Gasteiger partial charge is 0.338 e. The molecule has 0 atom stereocenters. The van der Waals surface area contributed by atoms with E-state index in [-0.39, 0.29) is 17.0 Å². The molecule has 0 saturated carbocycles. The Balaban J connectivity index is 1.60. The van der Waals surface area contributed by atoms with Crippen LogP contribution in [-0.2, 0) is 6.42 Å². The molecule has 1 fully saturated rings. The van der Waals surface area contributed by atoms with Crippen LogP contribution in [0.3, 0.4) is 0 Å². The van der Waals surface area contributed by atoms with E-state index in [1.165, 1.54) is 5.56 Å². The van der Waals surface area contributed by atoms with E-state index in [1.807, 2.05) is 13.0 Å². The van der Waals surface area contributed by atoms with Gasteiger partial charge in [0.15, 0.2) is 0 Å². The number of piperidine rings is 1. The van der Waals surface area contributed by atoms with Gasteiger partial charge in [-0.15, -0.1) is 0 Å². The van der Waals surface area contributed by atoms with Crippen molar-refractivity contribution in [1.29, 1.82) is 0 Å². The maximum atomic E-state index is 12.5. The summed E-state index contributed by atoms with van der Waals surface area (Å²) in [6.07, 6.45) is 3.04. The Morgan fingerprint density at radius 2 is 1.83 bits per heavy atom. The number of carbonyl (C=O) groups excluding carboxylic acids is 1. The number of benzene rings is 1. The van der Waals surface area contributed by atoms with Crippen molar-refractivity contribution in [3.05, 3.63) is 69.6 Å². The molecule has 2 aromatic rings. The van der Waals surface area contributed by atoms with Crippen LogP contribution in [0.4, 0.5) is 0 Å². The first kappa shape index (κ1) is 15.5. The maximum Gasteiger partial charge on any atom is 0.260 e. The Hall–Kier alpha value is -2.36. The molecule has 0 bridgehead atoms. The molecule has 3 rings (SSSR count). The molecule has 1 aliphatic rings. The van der Waals surface area contributed by atoms with E-state index < -0.39 is 0 Å². The van der Waals surface area contributed by atoms with Crippen molar-refractivity contribution in [1.82, 2.24) is 9.88 Å². The fraction of sp³-hybridized carbons (Fsp3) is 0.368. The van der Waals surface area contributed by atoms with E-state index in [0.717, 1.165) is 38.0 Å². The van der Waals surface area contributed by atoms with E-state index in [9.17, 15) is 9.59 Å². The number of hydrogen-bond donors (Lipinski definition) is 1. The molecule has 0 spiro atoms. The summed E-state index contributed by atoms with van der Waals surface area (Å²) in [6.45, 7) is 3.26. The van der Waals surface area contributed by atoms with Crippen molar-refractivity contribution in [2.24, 2.45) is 5.92 Å². The first-order valence-electron chi connectivity index (χ1n) is 8.16. The zero-order chi connectivity index (χ0) is 16.2. The van der Waals surface area contributed by atoms with Crippen LogP contribution in [0.5, 0.6) is 0 Å². The second-order valence-corrected chi connectivity index (χ2v) is 6.31. The number of carbonyl (C=O) groups is 1. The highest BCUT2D eigenvalue weighted by Gasteiger charge is 2.25. The summed E-state index contributed by atoms with van der Waals surface area (Å²) >= 11 is 0. The fourth-order valence-corrected chi connectivity index (χ4v) is 3.20. The first-order chi connectivity index (χ1) is 11.1. The molecular weight excluding hydrogens is 288 g/mol. The molecule has 0 radical (unpaired) electrons. The highest BCUT2D eigenvalue weighted by atomic mass is 16.2. The topological polar surface area (TPSA) is 53.2 Å². The van der Waals surface area contributed by atoms with Crippen LogP contribution in [0.2, 0.25) is 0 Å². The van der Waals surface area contributed by atoms with Gasteiger partial charge < -0.3 is 9.88 Å². The van der Waals surface area contributed by atoms with Crippen molar-refractivity contribution in [3.63, 3.8) is 0 Å². The fourth-order valence-electron chi connectivity index (χ4n) is 3.20. The maximum absolute atomic E-state index is 12.5. The predicted octanol–water partition coefficient (Wildman–Crippen LogP) is 2.78. The van der Waals surface area contributed by atoms with Crippen LogP contribution in [0.25, 0.3) is 0 Å². The Bertz CT molecular complexity index is 729. The summed E-state index contributed by atoms with van der Waals surface area (Å²) in [7, 11) is 0. The summed E-state index contributed by atoms with van der Waals surface area (Å²) < 4.78 is 0. The Labute approximate surface area is 136 Å². The molecule has 4 heteroatoms. The number of H-pyrrole nitrogens is 1. The minimum atomic E-state index is -0.290. The average Bonchev–Trinajstić information content (AvgIpc) is 2.56. The summed E-state index contributed by atoms with van der Waals surface area (Å²) in [6, 6.07) is 13.9. The lowest BCUT2D eigenvalue weighted by Gasteiger charge is -2.32. The molecule has 0 aliphatic carbocycles. The number of nitrogens with one attached hydrogen (secondary N) is 1. The van der Waals surface area contributed by atoms with Crippen molar-refractivity contribution in [2.45, 2.75) is 26.2 Å². The highest BCUT2D eigenvalue weighted by molar-refractivity contribution is 5.93. The second-order valence-electron chi connectivity index (χ2n) is 6.31. The number of pyridine rings is 1. The van der Waals surface area contributed by atoms with Crippen LogP contribution in [-0.4, -0.2) is 28.9 Å². The summed E-state index contributed by atoms with van der Waals surface area (Å²) in [4.78, 5) is 28.9. The monoisotopic (exact) mass is 310 g/mol. The normalized spacial score (nSPS) is 15.6. The molecule has 1 saturated heterocycles. The zero-order valence-electron chi connectivity index (χ0n) is 13.4. The van der Waals surface area contributed by atoms with E-state index in [0.29, 0.717) is 5.92 Å². The van der Waals surface area contributed by atoms with Crippen LogP contribution in [0, 0.1) is 12.8 Å². The number of likely N-dealkylation sites (tertiary alicyclic amines) is 1. The highest BCUT2D eigenvalue weighted by Crippen LogP contribution is 2.22. The molecule has 1 N–H and O–H groups in total. The van der Waals surface area contributed by atoms with Gasteiger partial charge in [-0.3, -0.25) is 9.59 Å². The van der Waals surface area contributed by atoms with Crippen molar-refractivity contribution in [2.75, 3.05) is 13.1 Å².